The number of nitro groups is 1. The van der Waals surface area contributed by atoms with Crippen LogP contribution in [-0.2, 0) is 14.8 Å². The second-order valence-corrected chi connectivity index (χ2v) is 9.64. The summed E-state index contributed by atoms with van der Waals surface area (Å²) < 4.78 is 27.6. The Kier molecular flexibility index (Phi) is 7.64. The van der Waals surface area contributed by atoms with Crippen LogP contribution in [-0.4, -0.2) is 31.5 Å². The molecule has 0 bridgehead atoms. The van der Waals surface area contributed by atoms with Gasteiger partial charge in [-0.2, -0.15) is 5.10 Å². The Morgan fingerprint density at radius 3 is 2.35 bits per heavy atom. The number of benzene rings is 3. The summed E-state index contributed by atoms with van der Waals surface area (Å²) in [5.74, 6) is -0.692. The number of anilines is 1. The van der Waals surface area contributed by atoms with Crippen LogP contribution in [0.3, 0.4) is 0 Å². The summed E-state index contributed by atoms with van der Waals surface area (Å²) in [6.07, 6.45) is 0. The van der Waals surface area contributed by atoms with E-state index in [-0.39, 0.29) is 10.6 Å². The lowest BCUT2D eigenvalue weighted by molar-refractivity contribution is -0.384. The molecule has 3 aromatic rings. The number of nitrogens with zero attached hydrogens (tertiary/aromatic N) is 3. The predicted molar refractivity (Wildman–Crippen MR) is 131 cm³/mol. The second-order valence-electron chi connectivity index (χ2n) is 7.34. The van der Waals surface area contributed by atoms with E-state index in [4.69, 9.17) is 11.6 Å². The minimum atomic E-state index is -4.09. The van der Waals surface area contributed by atoms with Gasteiger partial charge in [0, 0.05) is 22.7 Å². The van der Waals surface area contributed by atoms with E-state index >= 15 is 0 Å². The van der Waals surface area contributed by atoms with Gasteiger partial charge in [0.25, 0.3) is 21.6 Å². The van der Waals surface area contributed by atoms with Crippen molar-refractivity contribution in [1.82, 2.24) is 5.43 Å². The van der Waals surface area contributed by atoms with Gasteiger partial charge in [-0.3, -0.25) is 19.2 Å². The number of nitro benzene ring substituents is 1. The van der Waals surface area contributed by atoms with Crippen LogP contribution < -0.4 is 9.73 Å². The van der Waals surface area contributed by atoms with Crippen molar-refractivity contribution < 1.29 is 18.1 Å². The lowest BCUT2D eigenvalue weighted by Crippen LogP contribution is -2.39. The number of carbonyl (C=O) groups is 1. The Morgan fingerprint density at radius 2 is 1.74 bits per heavy atom. The molecule has 176 valence electrons. The average molecular weight is 501 g/mol. The molecule has 0 fully saturated rings. The summed E-state index contributed by atoms with van der Waals surface area (Å²) in [4.78, 5) is 23.1. The van der Waals surface area contributed by atoms with Crippen LogP contribution in [0.15, 0.2) is 82.8 Å². The minimum absolute atomic E-state index is 0.0263. The summed E-state index contributed by atoms with van der Waals surface area (Å²) in [7, 11) is -4.09. The first kappa shape index (κ1) is 24.9. The number of carbonyl (C=O) groups excluding carboxylic acids is 1. The third-order valence-electron chi connectivity index (χ3n) is 4.83. The molecule has 0 unspecified atom stereocenters. The Balaban J connectivity index is 1.86. The van der Waals surface area contributed by atoms with Crippen molar-refractivity contribution in [3.63, 3.8) is 0 Å². The largest absolute Gasteiger partial charge is 0.271 e. The van der Waals surface area contributed by atoms with Crippen LogP contribution in [0.4, 0.5) is 11.4 Å². The fourth-order valence-electron chi connectivity index (χ4n) is 2.98. The SMILES string of the molecule is C/C(=N/NC(=O)CN(c1ccc(C)cc1)S(=O)(=O)c1ccc(Cl)cc1)c1cccc([N+](=O)[O-])c1. The van der Waals surface area contributed by atoms with E-state index in [0.717, 1.165) is 9.87 Å². The number of hydrazone groups is 1. The Labute approximate surface area is 201 Å². The molecule has 9 nitrogen and oxygen atoms in total. The maximum Gasteiger partial charge on any atom is 0.270 e. The zero-order valence-corrected chi connectivity index (χ0v) is 19.9. The maximum atomic E-state index is 13.3. The first-order chi connectivity index (χ1) is 16.1. The van der Waals surface area contributed by atoms with Gasteiger partial charge in [-0.15, -0.1) is 0 Å². The highest BCUT2D eigenvalue weighted by atomic mass is 35.5. The number of hydrogen-bond acceptors (Lipinski definition) is 6. The predicted octanol–water partition coefficient (Wildman–Crippen LogP) is 4.29. The summed E-state index contributed by atoms with van der Waals surface area (Å²) in [6.45, 7) is 2.89. The molecule has 11 heteroatoms. The number of rotatable bonds is 8. The number of sulfonamides is 1. The molecule has 0 spiro atoms. The van der Waals surface area contributed by atoms with Gasteiger partial charge in [0.15, 0.2) is 0 Å². The number of amides is 1. The summed E-state index contributed by atoms with van der Waals surface area (Å²) in [5, 5.41) is 15.3. The summed E-state index contributed by atoms with van der Waals surface area (Å²) in [5.41, 5.74) is 4.20. The molecule has 3 aromatic carbocycles. The zero-order chi connectivity index (χ0) is 24.9. The third kappa shape index (κ3) is 5.97. The van der Waals surface area contributed by atoms with Gasteiger partial charge in [-0.05, 0) is 50.2 Å². The number of non-ortho nitro benzene ring substituents is 1. The van der Waals surface area contributed by atoms with E-state index in [1.165, 1.54) is 42.5 Å². The molecule has 0 saturated carbocycles. The lowest BCUT2D eigenvalue weighted by atomic mass is 10.1. The molecule has 0 saturated heterocycles. The Morgan fingerprint density at radius 1 is 1.09 bits per heavy atom. The number of hydrogen-bond donors (Lipinski definition) is 1. The van der Waals surface area contributed by atoms with Gasteiger partial charge in [0.1, 0.15) is 6.54 Å². The molecule has 1 amide bonds. The van der Waals surface area contributed by atoms with E-state index in [9.17, 15) is 23.3 Å². The van der Waals surface area contributed by atoms with Gasteiger partial charge < -0.3 is 0 Å². The molecule has 0 aliphatic carbocycles. The van der Waals surface area contributed by atoms with Crippen LogP contribution >= 0.6 is 11.6 Å². The quantitative estimate of drug-likeness (QED) is 0.281. The van der Waals surface area contributed by atoms with Crippen molar-refractivity contribution in [3.8, 4) is 0 Å². The van der Waals surface area contributed by atoms with Crippen LogP contribution in [0.25, 0.3) is 0 Å². The van der Waals surface area contributed by atoms with Gasteiger partial charge in [0.2, 0.25) is 0 Å². The number of halogens is 1. The average Bonchev–Trinajstić information content (AvgIpc) is 2.82. The normalized spacial score (nSPS) is 11.7. The van der Waals surface area contributed by atoms with Crippen molar-refractivity contribution in [2.24, 2.45) is 5.10 Å². The van der Waals surface area contributed by atoms with E-state index in [1.54, 1.807) is 37.3 Å². The Hall–Kier alpha value is -3.76. The minimum Gasteiger partial charge on any atom is -0.271 e. The highest BCUT2D eigenvalue weighted by molar-refractivity contribution is 7.92. The molecule has 1 N–H and O–H groups in total. The summed E-state index contributed by atoms with van der Waals surface area (Å²) >= 11 is 5.88. The molecule has 0 atom stereocenters. The molecule has 0 heterocycles. The van der Waals surface area contributed by atoms with Crippen molar-refractivity contribution in [1.29, 1.82) is 0 Å². The fraction of sp³-hybridized carbons (Fsp3) is 0.130. The number of aryl methyl sites for hydroxylation is 1. The first-order valence-corrected chi connectivity index (χ1v) is 11.8. The molecule has 0 aromatic heterocycles. The van der Waals surface area contributed by atoms with Crippen molar-refractivity contribution in [2.45, 2.75) is 18.7 Å². The van der Waals surface area contributed by atoms with Crippen molar-refractivity contribution in [3.05, 3.63) is 99.1 Å². The monoisotopic (exact) mass is 500 g/mol. The van der Waals surface area contributed by atoms with Crippen molar-refractivity contribution in [2.75, 3.05) is 10.8 Å². The first-order valence-electron chi connectivity index (χ1n) is 10.0. The van der Waals surface area contributed by atoms with E-state index < -0.39 is 27.4 Å². The standard InChI is InChI=1S/C23H21ClN4O5S/c1-16-6-10-20(11-7-16)27(34(32,33)22-12-8-19(24)9-13-22)15-23(29)26-25-17(2)18-4-3-5-21(14-18)28(30)31/h3-14H,15H2,1-2H3,(H,26,29)/b25-17-. The van der Waals surface area contributed by atoms with Crippen LogP contribution in [0, 0.1) is 17.0 Å². The molecule has 34 heavy (non-hydrogen) atoms. The fourth-order valence-corrected chi connectivity index (χ4v) is 4.53. The van der Waals surface area contributed by atoms with Gasteiger partial charge in [-0.25, -0.2) is 13.8 Å². The topological polar surface area (TPSA) is 122 Å². The van der Waals surface area contributed by atoms with Crippen LogP contribution in [0.5, 0.6) is 0 Å². The van der Waals surface area contributed by atoms with Gasteiger partial charge in [0.05, 0.1) is 21.2 Å². The molecule has 0 aliphatic rings. The lowest BCUT2D eigenvalue weighted by Gasteiger charge is -2.24. The van der Waals surface area contributed by atoms with Gasteiger partial charge in [-0.1, -0.05) is 41.4 Å². The molecular formula is C23H21ClN4O5S. The van der Waals surface area contributed by atoms with E-state index in [2.05, 4.69) is 10.5 Å². The van der Waals surface area contributed by atoms with Crippen molar-refractivity contribution >= 4 is 44.6 Å². The molecule has 0 radical (unpaired) electrons. The third-order valence-corrected chi connectivity index (χ3v) is 6.87. The van der Waals surface area contributed by atoms with E-state index in [1.807, 2.05) is 6.92 Å². The van der Waals surface area contributed by atoms with Crippen LogP contribution in [0.2, 0.25) is 5.02 Å². The molecule has 3 rings (SSSR count). The Bertz CT molecular complexity index is 1340. The second kappa shape index (κ2) is 10.4. The smallest absolute Gasteiger partial charge is 0.270 e. The van der Waals surface area contributed by atoms with Crippen LogP contribution in [0.1, 0.15) is 18.1 Å². The molecular weight excluding hydrogens is 480 g/mol. The molecule has 0 aliphatic heterocycles. The highest BCUT2D eigenvalue weighted by Crippen LogP contribution is 2.25. The maximum absolute atomic E-state index is 13.3. The highest BCUT2D eigenvalue weighted by Gasteiger charge is 2.27. The van der Waals surface area contributed by atoms with Gasteiger partial charge >= 0.3 is 0 Å². The summed E-state index contributed by atoms with van der Waals surface area (Å²) in [6, 6.07) is 18.1. The number of nitrogens with one attached hydrogen (secondary N) is 1. The zero-order valence-electron chi connectivity index (χ0n) is 18.3. The van der Waals surface area contributed by atoms with E-state index in [0.29, 0.717) is 22.0 Å².